The maximum atomic E-state index is 13.1. The number of carboxylic acids is 1. The zero-order valence-electron chi connectivity index (χ0n) is 20.8. The molecule has 0 aliphatic carbocycles. The minimum Gasteiger partial charge on any atom is -0.477 e. The van der Waals surface area contributed by atoms with E-state index in [0.717, 1.165) is 11.3 Å². The van der Waals surface area contributed by atoms with Crippen LogP contribution in [0.4, 0.5) is 9.93 Å². The molecule has 18 heteroatoms. The van der Waals surface area contributed by atoms with Crippen molar-refractivity contribution in [1.29, 1.82) is 0 Å². The number of anilines is 1. The van der Waals surface area contributed by atoms with Crippen LogP contribution in [-0.2, 0) is 24.0 Å². The van der Waals surface area contributed by atoms with Crippen molar-refractivity contribution in [1.82, 2.24) is 25.4 Å². The second kappa shape index (κ2) is 12.8. The second-order valence-electron chi connectivity index (χ2n) is 8.39. The maximum Gasteiger partial charge on any atom is 0.413 e. The number of nitrogens with one attached hydrogen (secondary N) is 2. The number of carbonyl (C=O) groups excluding carboxylic acids is 3. The normalized spacial score (nSPS) is 18.9. The van der Waals surface area contributed by atoms with Crippen molar-refractivity contribution in [3.63, 3.8) is 0 Å². The molecule has 2 aliphatic heterocycles. The fourth-order valence-electron chi connectivity index (χ4n) is 3.48. The highest BCUT2D eigenvalue weighted by Gasteiger charge is 2.54. The van der Waals surface area contributed by atoms with Crippen LogP contribution in [-0.4, -0.2) is 91.4 Å². The van der Waals surface area contributed by atoms with Gasteiger partial charge in [-0.25, -0.2) is 14.6 Å². The van der Waals surface area contributed by atoms with Gasteiger partial charge in [0.25, 0.3) is 11.8 Å². The zero-order chi connectivity index (χ0) is 28.1. The number of thioether (sulfide) groups is 2. The minimum atomic E-state index is -1.22. The summed E-state index contributed by atoms with van der Waals surface area (Å²) in [6, 6.07) is -0.974. The number of nitrogens with zero attached hydrogens (tertiary/aromatic N) is 5. The third kappa shape index (κ3) is 6.68. The van der Waals surface area contributed by atoms with E-state index in [9.17, 15) is 24.3 Å². The summed E-state index contributed by atoms with van der Waals surface area (Å²) < 4.78 is 5.75. The minimum absolute atomic E-state index is 0.0865. The number of carboxylic acid groups (broad SMARTS) is 1. The van der Waals surface area contributed by atoms with Gasteiger partial charge in [0.1, 0.15) is 35.4 Å². The lowest BCUT2D eigenvalue weighted by Gasteiger charge is -2.49. The highest BCUT2D eigenvalue weighted by molar-refractivity contribution is 8.01. The van der Waals surface area contributed by atoms with Gasteiger partial charge in [0, 0.05) is 16.9 Å². The van der Waals surface area contributed by atoms with Gasteiger partial charge < -0.3 is 20.0 Å². The molecule has 0 saturated carbocycles. The Labute approximate surface area is 238 Å². The molecule has 2 atom stereocenters. The SMILES string of the molecule is CON=C(C(=O)NC1C(=O)N2C(C(=O)O)=C(CSc3nncs3)CS[C@H]12)c1csc(NC(=O)OCC(C)C)n1. The van der Waals surface area contributed by atoms with E-state index >= 15 is 0 Å². The van der Waals surface area contributed by atoms with Crippen LogP contribution >= 0.6 is 46.2 Å². The van der Waals surface area contributed by atoms with Crippen LogP contribution in [0.15, 0.2) is 31.7 Å². The van der Waals surface area contributed by atoms with E-state index < -0.39 is 35.3 Å². The molecular weight excluding hydrogens is 591 g/mol. The molecule has 3 N–H and O–H groups in total. The molecule has 2 aromatic heterocycles. The molecule has 3 amide bonds. The second-order valence-corrected chi connectivity index (χ2v) is 12.4. The standard InChI is InChI=1S/C21H23N7O7S4/c1-9(2)4-35-20(33)25-19-23-11(7-37-19)12(27-34-3)15(29)24-13-16(30)28-14(18(31)32)10(5-36-17(13)28)6-38-21-26-22-8-39-21/h7-9,13,17H,4-6H2,1-3H3,(H,24,29)(H,31,32)(H,23,25,33)/t13?,17-/m1/s1. The summed E-state index contributed by atoms with van der Waals surface area (Å²) in [6.45, 7) is 4.03. The number of aliphatic carboxylic acids is 1. The number of β-lactam (4-membered cyclic amide) rings is 1. The van der Waals surface area contributed by atoms with Gasteiger partial charge in [-0.1, -0.05) is 42.1 Å². The lowest BCUT2D eigenvalue weighted by Crippen LogP contribution is -2.71. The average Bonchev–Trinajstić information content (AvgIpc) is 3.59. The van der Waals surface area contributed by atoms with E-state index in [0.29, 0.717) is 21.4 Å². The first-order valence-electron chi connectivity index (χ1n) is 11.3. The lowest BCUT2D eigenvalue weighted by molar-refractivity contribution is -0.150. The molecule has 208 valence electrons. The van der Waals surface area contributed by atoms with Crippen LogP contribution in [0, 0.1) is 5.92 Å². The number of fused-ring (bicyclic) bond motifs is 1. The van der Waals surface area contributed by atoms with Gasteiger partial charge in [-0.2, -0.15) is 0 Å². The van der Waals surface area contributed by atoms with Gasteiger partial charge in [0.05, 0.1) is 6.61 Å². The summed E-state index contributed by atoms with van der Waals surface area (Å²) >= 11 is 5.08. The predicted molar refractivity (Wildman–Crippen MR) is 146 cm³/mol. The van der Waals surface area contributed by atoms with Gasteiger partial charge in [0.15, 0.2) is 15.2 Å². The molecule has 0 aromatic carbocycles. The van der Waals surface area contributed by atoms with Crippen LogP contribution in [0.2, 0.25) is 0 Å². The molecule has 0 bridgehead atoms. The third-order valence-corrected chi connectivity index (χ3v) is 9.19. The van der Waals surface area contributed by atoms with Crippen LogP contribution in [0.25, 0.3) is 0 Å². The number of amides is 3. The van der Waals surface area contributed by atoms with E-state index in [4.69, 9.17) is 9.57 Å². The highest BCUT2D eigenvalue weighted by atomic mass is 32.2. The topological polar surface area (TPSA) is 185 Å². The molecule has 1 saturated heterocycles. The maximum absolute atomic E-state index is 13.1. The lowest BCUT2D eigenvalue weighted by atomic mass is 10.0. The Kier molecular flexibility index (Phi) is 9.41. The molecular formula is C21H23N7O7S4. The number of hydrogen-bond acceptors (Lipinski definition) is 14. The summed E-state index contributed by atoms with van der Waals surface area (Å²) in [7, 11) is 1.25. The van der Waals surface area contributed by atoms with E-state index in [1.807, 2.05) is 13.8 Å². The molecule has 0 radical (unpaired) electrons. The summed E-state index contributed by atoms with van der Waals surface area (Å²) in [4.78, 5) is 60.3. The smallest absolute Gasteiger partial charge is 0.413 e. The number of aromatic nitrogens is 3. The Morgan fingerprint density at radius 2 is 2.13 bits per heavy atom. The molecule has 1 unspecified atom stereocenters. The first kappa shape index (κ1) is 28.8. The molecule has 4 heterocycles. The number of ether oxygens (including phenoxy) is 1. The fraction of sp³-hybridized carbons (Fsp3) is 0.429. The zero-order valence-corrected chi connectivity index (χ0v) is 24.0. The molecule has 39 heavy (non-hydrogen) atoms. The Morgan fingerprint density at radius 1 is 1.33 bits per heavy atom. The van der Waals surface area contributed by atoms with Crippen molar-refractivity contribution in [2.45, 2.75) is 29.6 Å². The van der Waals surface area contributed by atoms with Gasteiger partial charge in [-0.15, -0.1) is 33.3 Å². The fourth-order valence-corrected chi connectivity index (χ4v) is 7.13. The van der Waals surface area contributed by atoms with E-state index in [1.165, 1.54) is 52.3 Å². The molecule has 0 spiro atoms. The first-order valence-corrected chi connectivity index (χ1v) is 15.1. The molecule has 2 aromatic rings. The highest BCUT2D eigenvalue weighted by Crippen LogP contribution is 2.41. The van der Waals surface area contributed by atoms with Crippen LogP contribution < -0.4 is 10.6 Å². The molecule has 2 aliphatic rings. The predicted octanol–water partition coefficient (Wildman–Crippen LogP) is 2.08. The third-order valence-electron chi connectivity index (χ3n) is 5.15. The Hall–Kier alpha value is -3.22. The molecule has 1 fully saturated rings. The van der Waals surface area contributed by atoms with Crippen LogP contribution in [0.1, 0.15) is 19.5 Å². The van der Waals surface area contributed by atoms with Gasteiger partial charge in [-0.05, 0) is 11.5 Å². The van der Waals surface area contributed by atoms with Crippen molar-refractivity contribution in [2.24, 2.45) is 11.1 Å². The van der Waals surface area contributed by atoms with E-state index in [1.54, 1.807) is 5.51 Å². The van der Waals surface area contributed by atoms with Crippen LogP contribution in [0.5, 0.6) is 0 Å². The largest absolute Gasteiger partial charge is 0.477 e. The Balaban J connectivity index is 1.42. The van der Waals surface area contributed by atoms with E-state index in [-0.39, 0.29) is 34.8 Å². The van der Waals surface area contributed by atoms with Gasteiger partial charge in [0.2, 0.25) is 0 Å². The van der Waals surface area contributed by atoms with Crippen molar-refractivity contribution in [3.8, 4) is 0 Å². The van der Waals surface area contributed by atoms with E-state index in [2.05, 4.69) is 31.0 Å². The van der Waals surface area contributed by atoms with Gasteiger partial charge >= 0.3 is 12.1 Å². The Morgan fingerprint density at radius 3 is 2.79 bits per heavy atom. The average molecular weight is 614 g/mol. The molecule has 4 rings (SSSR count). The van der Waals surface area contributed by atoms with Crippen molar-refractivity contribution < 1.29 is 33.9 Å². The van der Waals surface area contributed by atoms with Crippen molar-refractivity contribution >= 4 is 80.9 Å². The first-order chi connectivity index (χ1) is 18.7. The monoisotopic (exact) mass is 613 g/mol. The summed E-state index contributed by atoms with van der Waals surface area (Å²) in [5, 5.41) is 27.5. The summed E-state index contributed by atoms with van der Waals surface area (Å²) in [6.07, 6.45) is -0.683. The van der Waals surface area contributed by atoms with Crippen molar-refractivity contribution in [2.75, 3.05) is 30.5 Å². The number of rotatable bonds is 11. The quantitative estimate of drug-likeness (QED) is 0.145. The number of carbonyl (C=O) groups is 4. The summed E-state index contributed by atoms with van der Waals surface area (Å²) in [5.74, 6) is -1.65. The summed E-state index contributed by atoms with van der Waals surface area (Å²) in [5.41, 5.74) is 1.97. The number of thiazole rings is 1. The molecule has 14 nitrogen and oxygen atoms in total. The van der Waals surface area contributed by atoms with Gasteiger partial charge in [-0.3, -0.25) is 19.8 Å². The number of oxime groups is 1. The van der Waals surface area contributed by atoms with Crippen LogP contribution in [0.3, 0.4) is 0 Å². The number of hydrogen-bond donors (Lipinski definition) is 3. The van der Waals surface area contributed by atoms with Crippen molar-refractivity contribution in [3.05, 3.63) is 27.9 Å². The Bertz CT molecular complexity index is 1310.